The highest BCUT2D eigenvalue weighted by atomic mass is 16.7. The van der Waals surface area contributed by atoms with E-state index < -0.39 is 6.29 Å². The number of fused-ring (bicyclic) bond motifs is 3. The molecule has 2 aliphatic rings. The second-order valence-corrected chi connectivity index (χ2v) is 5.20. The molecule has 0 spiro atoms. The summed E-state index contributed by atoms with van der Waals surface area (Å²) in [7, 11) is 1.79. The molecule has 6 nitrogen and oxygen atoms in total. The van der Waals surface area contributed by atoms with E-state index in [1.54, 1.807) is 18.3 Å². The molecule has 21 heavy (non-hydrogen) atoms. The minimum absolute atomic E-state index is 0.00788. The third-order valence-electron chi connectivity index (χ3n) is 3.87. The van der Waals surface area contributed by atoms with Gasteiger partial charge in [0.15, 0.2) is 0 Å². The van der Waals surface area contributed by atoms with Crippen LogP contribution < -0.4 is 0 Å². The molecule has 2 aliphatic heterocycles. The number of benzene rings is 1. The van der Waals surface area contributed by atoms with Gasteiger partial charge < -0.3 is 18.9 Å². The molecule has 0 N–H and O–H groups in total. The molecule has 2 aromatic rings. The van der Waals surface area contributed by atoms with E-state index in [9.17, 15) is 4.79 Å². The van der Waals surface area contributed by atoms with Crippen molar-refractivity contribution in [3.63, 3.8) is 0 Å². The van der Waals surface area contributed by atoms with Gasteiger partial charge in [0.25, 0.3) is 5.91 Å². The van der Waals surface area contributed by atoms with E-state index in [1.165, 1.54) is 0 Å². The zero-order valence-corrected chi connectivity index (χ0v) is 11.7. The normalized spacial score (nSPS) is 18.5. The topological polar surface area (TPSA) is 56.6 Å². The van der Waals surface area contributed by atoms with E-state index in [0.29, 0.717) is 25.3 Å². The van der Waals surface area contributed by atoms with Crippen LogP contribution in [0.15, 0.2) is 30.6 Å². The molecule has 0 atom stereocenters. The lowest BCUT2D eigenvalue weighted by Gasteiger charge is -2.15. The number of carbonyl (C=O) groups excluding carboxylic acids is 1. The molecule has 4 rings (SSSR count). The first-order valence-electron chi connectivity index (χ1n) is 6.90. The zero-order chi connectivity index (χ0) is 14.4. The maximum Gasteiger partial charge on any atom is 0.256 e. The van der Waals surface area contributed by atoms with Crippen LogP contribution in [-0.4, -0.2) is 40.6 Å². The Morgan fingerprint density at radius 3 is 2.81 bits per heavy atom. The third-order valence-corrected chi connectivity index (χ3v) is 3.87. The summed E-state index contributed by atoms with van der Waals surface area (Å²) in [6.45, 7) is 1.62. The van der Waals surface area contributed by atoms with Crippen LogP contribution in [0.25, 0.3) is 5.69 Å². The SMILES string of the molecule is CN1Cc2c(C3OCCO3)ncn2-c2ccccc2C1=O. The summed E-state index contributed by atoms with van der Waals surface area (Å²) in [5.74, 6) is 0.00788. The Bertz CT molecular complexity index is 704. The van der Waals surface area contributed by atoms with E-state index in [0.717, 1.165) is 17.1 Å². The van der Waals surface area contributed by atoms with Gasteiger partial charge in [0, 0.05) is 7.05 Å². The van der Waals surface area contributed by atoms with Crippen LogP contribution in [0.4, 0.5) is 0 Å². The van der Waals surface area contributed by atoms with Crippen molar-refractivity contribution < 1.29 is 14.3 Å². The number of hydrogen-bond donors (Lipinski definition) is 0. The average molecular weight is 285 g/mol. The molecular weight excluding hydrogens is 270 g/mol. The number of hydrogen-bond acceptors (Lipinski definition) is 4. The summed E-state index contributed by atoms with van der Waals surface area (Å²) in [4.78, 5) is 18.6. The summed E-state index contributed by atoms with van der Waals surface area (Å²) in [5.41, 5.74) is 3.21. The van der Waals surface area contributed by atoms with Crippen LogP contribution in [0.5, 0.6) is 0 Å². The van der Waals surface area contributed by atoms with Crippen LogP contribution in [0.3, 0.4) is 0 Å². The van der Waals surface area contributed by atoms with Crippen LogP contribution in [-0.2, 0) is 16.0 Å². The van der Waals surface area contributed by atoms with Crippen molar-refractivity contribution in [3.8, 4) is 5.69 Å². The number of carbonyl (C=O) groups is 1. The van der Waals surface area contributed by atoms with Crippen molar-refractivity contribution in [1.82, 2.24) is 14.5 Å². The smallest absolute Gasteiger partial charge is 0.256 e. The van der Waals surface area contributed by atoms with E-state index >= 15 is 0 Å². The number of rotatable bonds is 1. The van der Waals surface area contributed by atoms with E-state index in [2.05, 4.69) is 4.98 Å². The Balaban J connectivity index is 1.89. The number of nitrogens with zero attached hydrogens (tertiary/aromatic N) is 3. The first-order valence-corrected chi connectivity index (χ1v) is 6.90. The second kappa shape index (κ2) is 4.68. The Labute approximate surface area is 121 Å². The van der Waals surface area contributed by atoms with E-state index in [1.807, 2.05) is 28.8 Å². The van der Waals surface area contributed by atoms with Gasteiger partial charge in [-0.05, 0) is 12.1 Å². The summed E-state index contributed by atoms with van der Waals surface area (Å²) in [6, 6.07) is 7.56. The van der Waals surface area contributed by atoms with Gasteiger partial charge in [-0.25, -0.2) is 4.98 Å². The van der Waals surface area contributed by atoms with Gasteiger partial charge >= 0.3 is 0 Å². The van der Waals surface area contributed by atoms with Crippen molar-refractivity contribution in [2.45, 2.75) is 12.8 Å². The number of amides is 1. The highest BCUT2D eigenvalue weighted by molar-refractivity contribution is 5.98. The Hall–Kier alpha value is -2.18. The molecule has 3 heterocycles. The maximum atomic E-state index is 12.5. The molecule has 0 radical (unpaired) electrons. The van der Waals surface area contributed by atoms with Gasteiger partial charge in [0.1, 0.15) is 12.0 Å². The van der Waals surface area contributed by atoms with Gasteiger partial charge in [-0.15, -0.1) is 0 Å². The predicted molar refractivity (Wildman–Crippen MR) is 74.0 cm³/mol. The standard InChI is InChI=1S/C15H15N3O3/c1-17-8-12-13(15-20-6-7-21-15)16-9-18(12)11-5-3-2-4-10(11)14(17)19/h2-5,9,15H,6-8H2,1H3. The molecule has 0 unspecified atom stereocenters. The van der Waals surface area contributed by atoms with Crippen molar-refractivity contribution in [3.05, 3.63) is 47.5 Å². The largest absolute Gasteiger partial charge is 0.345 e. The summed E-state index contributed by atoms with van der Waals surface area (Å²) in [6.07, 6.45) is 1.30. The molecule has 0 aliphatic carbocycles. The monoisotopic (exact) mass is 285 g/mol. The van der Waals surface area contributed by atoms with Crippen molar-refractivity contribution in [1.29, 1.82) is 0 Å². The van der Waals surface area contributed by atoms with Crippen LogP contribution in [0, 0.1) is 0 Å². The lowest BCUT2D eigenvalue weighted by atomic mass is 10.1. The van der Waals surface area contributed by atoms with Gasteiger partial charge in [-0.1, -0.05) is 12.1 Å². The quantitative estimate of drug-likeness (QED) is 0.797. The fourth-order valence-corrected chi connectivity index (χ4v) is 2.83. The van der Waals surface area contributed by atoms with Gasteiger partial charge in [-0.3, -0.25) is 4.79 Å². The van der Waals surface area contributed by atoms with E-state index in [4.69, 9.17) is 9.47 Å². The molecule has 1 fully saturated rings. The summed E-state index contributed by atoms with van der Waals surface area (Å²) in [5, 5.41) is 0. The lowest BCUT2D eigenvalue weighted by Crippen LogP contribution is -2.25. The number of aromatic nitrogens is 2. The Morgan fingerprint density at radius 1 is 1.24 bits per heavy atom. The van der Waals surface area contributed by atoms with Gasteiger partial charge in [-0.2, -0.15) is 0 Å². The highest BCUT2D eigenvalue weighted by Crippen LogP contribution is 2.31. The van der Waals surface area contributed by atoms with Gasteiger partial charge in [0.05, 0.1) is 36.7 Å². The molecule has 0 saturated carbocycles. The number of ether oxygens (including phenoxy) is 2. The molecule has 1 amide bonds. The Kier molecular flexibility index (Phi) is 2.80. The van der Waals surface area contributed by atoms with Crippen LogP contribution >= 0.6 is 0 Å². The van der Waals surface area contributed by atoms with Gasteiger partial charge in [0.2, 0.25) is 6.29 Å². The number of imidazole rings is 1. The zero-order valence-electron chi connectivity index (χ0n) is 11.7. The molecule has 1 saturated heterocycles. The minimum atomic E-state index is -0.435. The molecule has 108 valence electrons. The molecular formula is C15H15N3O3. The predicted octanol–water partition coefficient (Wildman–Crippen LogP) is 1.50. The highest BCUT2D eigenvalue weighted by Gasteiger charge is 2.30. The van der Waals surface area contributed by atoms with E-state index in [-0.39, 0.29) is 5.91 Å². The lowest BCUT2D eigenvalue weighted by molar-refractivity contribution is -0.0479. The fourth-order valence-electron chi connectivity index (χ4n) is 2.83. The molecule has 0 bridgehead atoms. The molecule has 6 heteroatoms. The summed E-state index contributed by atoms with van der Waals surface area (Å²) < 4.78 is 13.1. The maximum absolute atomic E-state index is 12.5. The third kappa shape index (κ3) is 1.87. The second-order valence-electron chi connectivity index (χ2n) is 5.20. The first-order chi connectivity index (χ1) is 10.3. The average Bonchev–Trinajstić information content (AvgIpc) is 3.13. The van der Waals surface area contributed by atoms with Crippen molar-refractivity contribution >= 4 is 5.91 Å². The van der Waals surface area contributed by atoms with Crippen molar-refractivity contribution in [2.75, 3.05) is 20.3 Å². The number of para-hydroxylation sites is 1. The Morgan fingerprint density at radius 2 is 2.00 bits per heavy atom. The van der Waals surface area contributed by atoms with Crippen LogP contribution in [0.2, 0.25) is 0 Å². The van der Waals surface area contributed by atoms with Crippen LogP contribution in [0.1, 0.15) is 28.0 Å². The molecule has 1 aromatic heterocycles. The molecule has 1 aromatic carbocycles. The summed E-state index contributed by atoms with van der Waals surface area (Å²) >= 11 is 0. The van der Waals surface area contributed by atoms with Crippen molar-refractivity contribution in [2.24, 2.45) is 0 Å². The fraction of sp³-hybridized carbons (Fsp3) is 0.333. The first kappa shape index (κ1) is 12.6. The minimum Gasteiger partial charge on any atom is -0.345 e.